The average Bonchev–Trinajstić information content (AvgIpc) is 2.22. The zero-order chi connectivity index (χ0) is 13.7. The third-order valence-electron chi connectivity index (χ3n) is 2.56. The Balaban J connectivity index is 2.59. The lowest BCUT2D eigenvalue weighted by molar-refractivity contribution is -0.113. The van der Waals surface area contributed by atoms with Gasteiger partial charge in [0.25, 0.3) is 0 Å². The highest BCUT2D eigenvalue weighted by atomic mass is 32.2. The van der Waals surface area contributed by atoms with Crippen molar-refractivity contribution in [1.29, 1.82) is 0 Å². The monoisotopic (exact) mass is 266 g/mol. The molecule has 0 bridgehead atoms. The number of nitrogens with one attached hydrogen (secondary N) is 1. The van der Waals surface area contributed by atoms with Crippen LogP contribution >= 0.6 is 11.8 Å². The van der Waals surface area contributed by atoms with Gasteiger partial charge in [0.1, 0.15) is 0 Å². The number of hydrogen-bond acceptors (Lipinski definition) is 3. The number of carbonyl (C=O) groups is 1. The standard InChI is InChI=1S/C14H22N2OS/c1-9-5-10(2)14(11(3)6-9)16-13(17)8-18-7-12(4)15/h5-6,12H,7-8,15H2,1-4H3,(H,16,17). The lowest BCUT2D eigenvalue weighted by atomic mass is 10.1. The molecule has 0 radical (unpaired) electrons. The quantitative estimate of drug-likeness (QED) is 0.861. The van der Waals surface area contributed by atoms with Crippen molar-refractivity contribution in [1.82, 2.24) is 0 Å². The van der Waals surface area contributed by atoms with Gasteiger partial charge in [-0.15, -0.1) is 0 Å². The molecule has 3 N–H and O–H groups in total. The largest absolute Gasteiger partial charge is 0.327 e. The molecule has 1 aromatic carbocycles. The summed E-state index contributed by atoms with van der Waals surface area (Å²) in [5.41, 5.74) is 10.0. The third kappa shape index (κ3) is 4.70. The van der Waals surface area contributed by atoms with Crippen molar-refractivity contribution in [3.05, 3.63) is 28.8 Å². The van der Waals surface area contributed by atoms with Crippen LogP contribution in [0.25, 0.3) is 0 Å². The Kier molecular flexibility index (Phi) is 5.69. The van der Waals surface area contributed by atoms with Gasteiger partial charge in [-0.25, -0.2) is 0 Å². The van der Waals surface area contributed by atoms with Crippen molar-refractivity contribution < 1.29 is 4.79 Å². The van der Waals surface area contributed by atoms with E-state index < -0.39 is 0 Å². The van der Waals surface area contributed by atoms with Crippen LogP contribution in [0.3, 0.4) is 0 Å². The zero-order valence-electron chi connectivity index (χ0n) is 11.5. The van der Waals surface area contributed by atoms with E-state index in [2.05, 4.69) is 24.4 Å². The molecule has 0 aliphatic heterocycles. The van der Waals surface area contributed by atoms with Gasteiger partial charge in [0, 0.05) is 17.5 Å². The minimum Gasteiger partial charge on any atom is -0.327 e. The van der Waals surface area contributed by atoms with E-state index in [1.54, 1.807) is 11.8 Å². The van der Waals surface area contributed by atoms with Gasteiger partial charge in [-0.1, -0.05) is 17.7 Å². The Hall–Kier alpha value is -1.00. The van der Waals surface area contributed by atoms with Gasteiger partial charge < -0.3 is 11.1 Å². The fourth-order valence-corrected chi connectivity index (χ4v) is 2.64. The van der Waals surface area contributed by atoms with Crippen molar-refractivity contribution in [2.24, 2.45) is 5.73 Å². The summed E-state index contributed by atoms with van der Waals surface area (Å²) < 4.78 is 0. The van der Waals surface area contributed by atoms with Gasteiger partial charge >= 0.3 is 0 Å². The summed E-state index contributed by atoms with van der Waals surface area (Å²) in [6.07, 6.45) is 0. The molecule has 1 amide bonds. The number of hydrogen-bond donors (Lipinski definition) is 2. The van der Waals surface area contributed by atoms with Crippen LogP contribution in [0, 0.1) is 20.8 Å². The van der Waals surface area contributed by atoms with Crippen LogP contribution in [0.15, 0.2) is 12.1 Å². The van der Waals surface area contributed by atoms with E-state index in [9.17, 15) is 4.79 Å². The van der Waals surface area contributed by atoms with E-state index in [0.29, 0.717) is 5.75 Å². The Labute approximate surface area is 114 Å². The van der Waals surface area contributed by atoms with Gasteiger partial charge in [-0.3, -0.25) is 4.79 Å². The molecule has 100 valence electrons. The summed E-state index contributed by atoms with van der Waals surface area (Å²) in [6, 6.07) is 4.29. The number of anilines is 1. The second-order valence-electron chi connectivity index (χ2n) is 4.81. The van der Waals surface area contributed by atoms with Crippen molar-refractivity contribution in [2.75, 3.05) is 16.8 Å². The van der Waals surface area contributed by atoms with Crippen LogP contribution in [0.1, 0.15) is 23.6 Å². The number of carbonyl (C=O) groups excluding carboxylic acids is 1. The van der Waals surface area contributed by atoms with Gasteiger partial charge in [0.15, 0.2) is 0 Å². The molecular formula is C14H22N2OS. The van der Waals surface area contributed by atoms with Crippen molar-refractivity contribution >= 4 is 23.4 Å². The van der Waals surface area contributed by atoms with Crippen molar-refractivity contribution in [3.63, 3.8) is 0 Å². The molecule has 1 unspecified atom stereocenters. The highest BCUT2D eigenvalue weighted by Crippen LogP contribution is 2.22. The highest BCUT2D eigenvalue weighted by Gasteiger charge is 2.08. The summed E-state index contributed by atoms with van der Waals surface area (Å²) in [7, 11) is 0. The smallest absolute Gasteiger partial charge is 0.234 e. The third-order valence-corrected chi connectivity index (χ3v) is 3.78. The lowest BCUT2D eigenvalue weighted by Crippen LogP contribution is -2.21. The maximum Gasteiger partial charge on any atom is 0.234 e. The van der Waals surface area contributed by atoms with Crippen LogP contribution in [0.5, 0.6) is 0 Å². The fraction of sp³-hybridized carbons (Fsp3) is 0.500. The number of rotatable bonds is 5. The normalized spacial score (nSPS) is 12.3. The van der Waals surface area contributed by atoms with Gasteiger partial charge in [0.2, 0.25) is 5.91 Å². The summed E-state index contributed by atoms with van der Waals surface area (Å²) >= 11 is 1.57. The molecule has 1 aromatic rings. The first-order valence-corrected chi connectivity index (χ1v) is 7.26. The molecule has 1 atom stereocenters. The number of thioether (sulfide) groups is 1. The minimum atomic E-state index is 0.0377. The fourth-order valence-electron chi connectivity index (χ4n) is 1.89. The summed E-state index contributed by atoms with van der Waals surface area (Å²) in [5.74, 6) is 1.30. The Morgan fingerprint density at radius 2 is 1.89 bits per heavy atom. The molecular weight excluding hydrogens is 244 g/mol. The molecule has 0 aliphatic carbocycles. The van der Waals surface area contributed by atoms with E-state index in [4.69, 9.17) is 5.73 Å². The molecule has 0 heterocycles. The Morgan fingerprint density at radius 3 is 2.39 bits per heavy atom. The van der Waals surface area contributed by atoms with E-state index >= 15 is 0 Å². The Bertz CT molecular complexity index is 407. The summed E-state index contributed by atoms with van der Waals surface area (Å²) in [6.45, 7) is 8.04. The molecule has 4 heteroatoms. The van der Waals surface area contributed by atoms with Gasteiger partial charge in [-0.2, -0.15) is 11.8 Å². The summed E-state index contributed by atoms with van der Waals surface area (Å²) in [5, 5.41) is 2.98. The molecule has 0 fully saturated rings. The first kappa shape index (κ1) is 15.1. The van der Waals surface area contributed by atoms with Crippen LogP contribution in [-0.4, -0.2) is 23.5 Å². The molecule has 0 aromatic heterocycles. The SMILES string of the molecule is Cc1cc(C)c(NC(=O)CSCC(C)N)c(C)c1. The molecule has 18 heavy (non-hydrogen) atoms. The van der Waals surface area contributed by atoms with Crippen LogP contribution in [0.2, 0.25) is 0 Å². The molecule has 0 aliphatic rings. The number of nitrogens with two attached hydrogens (primary N) is 1. The van der Waals surface area contributed by atoms with Gasteiger partial charge in [-0.05, 0) is 38.8 Å². The maximum absolute atomic E-state index is 11.8. The topological polar surface area (TPSA) is 55.1 Å². The van der Waals surface area contributed by atoms with Crippen molar-refractivity contribution in [3.8, 4) is 0 Å². The second-order valence-corrected chi connectivity index (χ2v) is 5.84. The first-order chi connectivity index (χ1) is 8.40. The lowest BCUT2D eigenvalue weighted by Gasteiger charge is -2.13. The minimum absolute atomic E-state index is 0.0377. The van der Waals surface area contributed by atoms with Crippen LogP contribution < -0.4 is 11.1 Å². The van der Waals surface area contributed by atoms with E-state index in [1.165, 1.54) is 5.56 Å². The van der Waals surface area contributed by atoms with Crippen LogP contribution in [0.4, 0.5) is 5.69 Å². The number of amides is 1. The molecule has 3 nitrogen and oxygen atoms in total. The van der Waals surface area contributed by atoms with E-state index in [1.807, 2.05) is 20.8 Å². The average molecular weight is 266 g/mol. The maximum atomic E-state index is 11.8. The number of benzene rings is 1. The van der Waals surface area contributed by atoms with Gasteiger partial charge in [0.05, 0.1) is 5.75 Å². The molecule has 1 rings (SSSR count). The predicted octanol–water partition coefficient (Wildman–Crippen LogP) is 2.63. The zero-order valence-corrected chi connectivity index (χ0v) is 12.4. The van der Waals surface area contributed by atoms with Crippen LogP contribution in [-0.2, 0) is 4.79 Å². The van der Waals surface area contributed by atoms with Crippen molar-refractivity contribution in [2.45, 2.75) is 33.7 Å². The Morgan fingerprint density at radius 1 is 1.33 bits per heavy atom. The molecule has 0 spiro atoms. The number of aryl methyl sites for hydroxylation is 3. The highest BCUT2D eigenvalue weighted by molar-refractivity contribution is 8.00. The first-order valence-electron chi connectivity index (χ1n) is 6.11. The van der Waals surface area contributed by atoms with E-state index in [0.717, 1.165) is 22.6 Å². The predicted molar refractivity (Wildman–Crippen MR) is 80.3 cm³/mol. The second kappa shape index (κ2) is 6.81. The summed E-state index contributed by atoms with van der Waals surface area (Å²) in [4.78, 5) is 11.8. The van der Waals surface area contributed by atoms with E-state index in [-0.39, 0.29) is 11.9 Å². The molecule has 0 saturated heterocycles. The molecule has 0 saturated carbocycles.